The lowest BCUT2D eigenvalue weighted by molar-refractivity contribution is 0.275. The Labute approximate surface area is 114 Å². The third kappa shape index (κ3) is 3.84. The Morgan fingerprint density at radius 2 is 1.94 bits per heavy atom. The smallest absolute Gasteiger partial charge is 0.279 e. The van der Waals surface area contributed by atoms with Gasteiger partial charge in [0.05, 0.1) is 0 Å². The van der Waals surface area contributed by atoms with Crippen molar-refractivity contribution in [3.63, 3.8) is 0 Å². The van der Waals surface area contributed by atoms with Crippen LogP contribution in [0, 0.1) is 11.8 Å². The second kappa shape index (κ2) is 6.56. The summed E-state index contributed by atoms with van der Waals surface area (Å²) in [4.78, 5) is 0. The molecule has 0 bridgehead atoms. The van der Waals surface area contributed by atoms with E-state index in [0.29, 0.717) is 38.0 Å². The van der Waals surface area contributed by atoms with Gasteiger partial charge >= 0.3 is 0 Å². The summed E-state index contributed by atoms with van der Waals surface area (Å²) >= 11 is 1.91. The Hall–Kier alpha value is 0.180. The molecule has 0 aliphatic carbocycles. The summed E-state index contributed by atoms with van der Waals surface area (Å²) in [5.74, 6) is 3.24. The van der Waals surface area contributed by atoms with Gasteiger partial charge in [-0.2, -0.15) is 24.5 Å². The molecule has 0 aromatic carbocycles. The second-order valence-corrected chi connectivity index (χ2v) is 8.07. The second-order valence-electron chi connectivity index (χ2n) is 5.16. The predicted molar refractivity (Wildman–Crippen MR) is 75.7 cm³/mol. The van der Waals surface area contributed by atoms with Crippen LogP contribution in [0.25, 0.3) is 0 Å². The summed E-state index contributed by atoms with van der Waals surface area (Å²) in [6, 6.07) is 0. The minimum Gasteiger partial charge on any atom is -0.330 e. The van der Waals surface area contributed by atoms with Gasteiger partial charge in [0.15, 0.2) is 0 Å². The molecule has 2 fully saturated rings. The minimum absolute atomic E-state index is 0.489. The molecule has 0 radical (unpaired) electrons. The molecule has 0 spiro atoms. The van der Waals surface area contributed by atoms with Gasteiger partial charge in [-0.15, -0.1) is 0 Å². The molecule has 106 valence electrons. The van der Waals surface area contributed by atoms with E-state index in [9.17, 15) is 8.42 Å². The van der Waals surface area contributed by atoms with Crippen molar-refractivity contribution in [3.05, 3.63) is 0 Å². The van der Waals surface area contributed by atoms with Crippen molar-refractivity contribution < 1.29 is 8.42 Å². The predicted octanol–water partition coefficient (Wildman–Crippen LogP) is 0.245. The molecule has 2 heterocycles. The normalized spacial score (nSPS) is 27.7. The molecule has 18 heavy (non-hydrogen) atoms. The number of rotatable bonds is 5. The molecule has 0 aromatic rings. The van der Waals surface area contributed by atoms with E-state index in [1.165, 1.54) is 0 Å². The molecule has 2 rings (SSSR count). The molecular weight excluding hydrogens is 270 g/mol. The number of nitrogens with one attached hydrogen (secondary N) is 1. The zero-order valence-corrected chi connectivity index (χ0v) is 12.3. The van der Waals surface area contributed by atoms with Crippen LogP contribution in [0.3, 0.4) is 0 Å². The Kier molecular flexibility index (Phi) is 5.32. The average Bonchev–Trinajstić information content (AvgIpc) is 2.90. The van der Waals surface area contributed by atoms with Crippen molar-refractivity contribution in [2.75, 3.05) is 37.7 Å². The summed E-state index contributed by atoms with van der Waals surface area (Å²) in [7, 11) is -3.27. The molecule has 0 saturated carbocycles. The van der Waals surface area contributed by atoms with Gasteiger partial charge in [-0.05, 0) is 49.1 Å². The first kappa shape index (κ1) is 14.6. The largest absolute Gasteiger partial charge is 0.330 e. The molecule has 0 aromatic heterocycles. The highest BCUT2D eigenvalue weighted by Gasteiger charge is 2.28. The number of piperidine rings is 1. The molecule has 2 aliphatic heterocycles. The van der Waals surface area contributed by atoms with Gasteiger partial charge in [0.25, 0.3) is 10.2 Å². The van der Waals surface area contributed by atoms with E-state index in [1.807, 2.05) is 11.8 Å². The fourth-order valence-electron chi connectivity index (χ4n) is 2.44. The summed E-state index contributed by atoms with van der Waals surface area (Å²) < 4.78 is 28.6. The molecule has 1 unspecified atom stereocenters. The molecule has 7 heteroatoms. The van der Waals surface area contributed by atoms with Crippen molar-refractivity contribution in [2.24, 2.45) is 17.6 Å². The first-order valence-corrected chi connectivity index (χ1v) is 9.24. The van der Waals surface area contributed by atoms with Gasteiger partial charge in [-0.25, -0.2) is 4.72 Å². The van der Waals surface area contributed by atoms with Gasteiger partial charge in [-0.1, -0.05) is 0 Å². The zero-order chi connectivity index (χ0) is 13.0. The van der Waals surface area contributed by atoms with Crippen molar-refractivity contribution in [3.8, 4) is 0 Å². The van der Waals surface area contributed by atoms with Gasteiger partial charge < -0.3 is 5.73 Å². The molecular formula is C11H23N3O2S2. The summed E-state index contributed by atoms with van der Waals surface area (Å²) in [6.45, 7) is 2.47. The van der Waals surface area contributed by atoms with Gasteiger partial charge in [0, 0.05) is 19.6 Å². The number of hydrogen-bond acceptors (Lipinski definition) is 4. The lowest BCUT2D eigenvalue weighted by Crippen LogP contribution is -2.46. The third-order valence-electron chi connectivity index (χ3n) is 3.83. The number of hydrogen-bond donors (Lipinski definition) is 2. The highest BCUT2D eigenvalue weighted by Crippen LogP contribution is 2.23. The zero-order valence-electron chi connectivity index (χ0n) is 10.7. The quantitative estimate of drug-likeness (QED) is 0.761. The highest BCUT2D eigenvalue weighted by atomic mass is 32.2. The minimum atomic E-state index is -3.27. The Morgan fingerprint density at radius 3 is 2.50 bits per heavy atom. The molecule has 2 aliphatic rings. The lowest BCUT2D eigenvalue weighted by Gasteiger charge is -2.30. The standard InChI is InChI=1S/C11H23N3O2S2/c12-7-10-1-4-14(5-2-10)18(15,16)13-8-11-3-6-17-9-11/h10-11,13H,1-9,12H2. The van der Waals surface area contributed by atoms with E-state index in [2.05, 4.69) is 4.72 Å². The summed E-state index contributed by atoms with van der Waals surface area (Å²) in [6.07, 6.45) is 2.90. The van der Waals surface area contributed by atoms with Crippen LogP contribution in [0.2, 0.25) is 0 Å². The summed E-state index contributed by atoms with van der Waals surface area (Å²) in [5.41, 5.74) is 5.61. The summed E-state index contributed by atoms with van der Waals surface area (Å²) in [5, 5.41) is 0. The molecule has 0 amide bonds. The number of nitrogens with two attached hydrogens (primary N) is 1. The first-order chi connectivity index (χ1) is 8.62. The van der Waals surface area contributed by atoms with Gasteiger partial charge in [-0.3, -0.25) is 0 Å². The number of nitrogens with zero attached hydrogens (tertiary/aromatic N) is 1. The maximum absolute atomic E-state index is 12.1. The SMILES string of the molecule is NCC1CCN(S(=O)(=O)NCC2CCSC2)CC1. The maximum Gasteiger partial charge on any atom is 0.279 e. The van der Waals surface area contributed by atoms with E-state index in [1.54, 1.807) is 4.31 Å². The number of thioether (sulfide) groups is 1. The van der Waals surface area contributed by atoms with E-state index in [4.69, 9.17) is 5.73 Å². The van der Waals surface area contributed by atoms with Crippen LogP contribution in [0.5, 0.6) is 0 Å². The van der Waals surface area contributed by atoms with Gasteiger partial charge in [0.1, 0.15) is 0 Å². The lowest BCUT2D eigenvalue weighted by atomic mass is 9.99. The van der Waals surface area contributed by atoms with Crippen molar-refractivity contribution in [1.29, 1.82) is 0 Å². The van der Waals surface area contributed by atoms with Crippen LogP contribution in [0.4, 0.5) is 0 Å². The van der Waals surface area contributed by atoms with Crippen LogP contribution >= 0.6 is 11.8 Å². The Bertz CT molecular complexity index is 347. The molecule has 3 N–H and O–H groups in total. The molecule has 1 atom stereocenters. The van der Waals surface area contributed by atoms with Crippen LogP contribution in [0.15, 0.2) is 0 Å². The van der Waals surface area contributed by atoms with E-state index >= 15 is 0 Å². The average molecular weight is 293 g/mol. The Morgan fingerprint density at radius 1 is 1.22 bits per heavy atom. The van der Waals surface area contributed by atoms with Crippen molar-refractivity contribution in [2.45, 2.75) is 19.3 Å². The highest BCUT2D eigenvalue weighted by molar-refractivity contribution is 7.99. The van der Waals surface area contributed by atoms with Crippen molar-refractivity contribution >= 4 is 22.0 Å². The van der Waals surface area contributed by atoms with E-state index < -0.39 is 10.2 Å². The van der Waals surface area contributed by atoms with E-state index in [0.717, 1.165) is 30.8 Å². The van der Waals surface area contributed by atoms with E-state index in [-0.39, 0.29) is 0 Å². The third-order valence-corrected chi connectivity index (χ3v) is 6.63. The Balaban J connectivity index is 1.79. The maximum atomic E-state index is 12.1. The first-order valence-electron chi connectivity index (χ1n) is 6.64. The van der Waals surface area contributed by atoms with Gasteiger partial charge in [0.2, 0.25) is 0 Å². The molecule has 5 nitrogen and oxygen atoms in total. The van der Waals surface area contributed by atoms with Crippen molar-refractivity contribution in [1.82, 2.24) is 9.03 Å². The fourth-order valence-corrected chi connectivity index (χ4v) is 5.05. The fraction of sp³-hybridized carbons (Fsp3) is 1.00. The van der Waals surface area contributed by atoms with Crippen LogP contribution in [-0.4, -0.2) is 50.4 Å². The van der Waals surface area contributed by atoms with Crippen LogP contribution in [0.1, 0.15) is 19.3 Å². The monoisotopic (exact) mass is 293 g/mol. The molecule has 2 saturated heterocycles. The van der Waals surface area contributed by atoms with Crippen LogP contribution in [-0.2, 0) is 10.2 Å². The van der Waals surface area contributed by atoms with Crippen LogP contribution < -0.4 is 10.5 Å². The topological polar surface area (TPSA) is 75.4 Å².